The summed E-state index contributed by atoms with van der Waals surface area (Å²) in [7, 11) is 0. The van der Waals surface area contributed by atoms with E-state index in [-0.39, 0.29) is 13.0 Å². The summed E-state index contributed by atoms with van der Waals surface area (Å²) in [6.45, 7) is 3.78. The molecule has 4 nitrogen and oxygen atoms in total. The van der Waals surface area contributed by atoms with Crippen LogP contribution in [0.25, 0.3) is 0 Å². The van der Waals surface area contributed by atoms with Crippen molar-refractivity contribution in [1.29, 1.82) is 0 Å². The van der Waals surface area contributed by atoms with Gasteiger partial charge < -0.3 is 9.84 Å². The Balaban J connectivity index is 2.54. The van der Waals surface area contributed by atoms with Crippen LogP contribution in [0.2, 0.25) is 5.02 Å². The van der Waals surface area contributed by atoms with Gasteiger partial charge in [0.25, 0.3) is 0 Å². The highest BCUT2D eigenvalue weighted by atomic mass is 35.5. The summed E-state index contributed by atoms with van der Waals surface area (Å²) in [4.78, 5) is 24.5. The van der Waals surface area contributed by atoms with E-state index in [1.54, 1.807) is 31.2 Å². The van der Waals surface area contributed by atoms with Gasteiger partial charge in [-0.3, -0.25) is 9.59 Å². The van der Waals surface area contributed by atoms with E-state index in [4.69, 9.17) is 16.3 Å². The predicted octanol–water partition coefficient (Wildman–Crippen LogP) is 3.80. The molecule has 1 aromatic carbocycles. The van der Waals surface area contributed by atoms with E-state index >= 15 is 0 Å². The van der Waals surface area contributed by atoms with E-state index in [9.17, 15) is 14.7 Å². The zero-order chi connectivity index (χ0) is 16.3. The average molecular weight is 323 g/mol. The zero-order valence-corrected chi connectivity index (χ0v) is 13.4. The number of rotatable bonds is 4. The number of halogens is 1. The second-order valence-electron chi connectivity index (χ2n) is 5.56. The highest BCUT2D eigenvalue weighted by Gasteiger charge is 2.55. The van der Waals surface area contributed by atoms with E-state index in [0.717, 1.165) is 11.1 Å². The molecule has 0 aromatic heterocycles. The second kappa shape index (κ2) is 6.53. The standard InChI is InChI=1S/C17H19ClO4/c1-3-22-16(21)17(15(19)20)9-8-11(2)10-14(17)12-4-6-13(18)7-5-12/h4-8,14H,3,9-10H2,1-2H3,(H,19,20)/t14-,17-/m1/s1. The normalized spacial score (nSPS) is 24.5. The third-order valence-electron chi connectivity index (χ3n) is 4.19. The van der Waals surface area contributed by atoms with Crippen LogP contribution < -0.4 is 0 Å². The molecule has 5 heteroatoms. The molecule has 1 aromatic rings. The number of aliphatic carboxylic acids is 1. The fourth-order valence-electron chi connectivity index (χ4n) is 2.96. The van der Waals surface area contributed by atoms with Crippen LogP contribution in [0.15, 0.2) is 35.9 Å². The van der Waals surface area contributed by atoms with Crippen LogP contribution in [0.1, 0.15) is 38.2 Å². The summed E-state index contributed by atoms with van der Waals surface area (Å²) in [6, 6.07) is 6.98. The number of carbonyl (C=O) groups excluding carboxylic acids is 1. The van der Waals surface area contributed by atoms with Crippen molar-refractivity contribution in [3.63, 3.8) is 0 Å². The number of hydrogen-bond donors (Lipinski definition) is 1. The summed E-state index contributed by atoms with van der Waals surface area (Å²) < 4.78 is 5.08. The smallest absolute Gasteiger partial charge is 0.324 e. The summed E-state index contributed by atoms with van der Waals surface area (Å²) in [5, 5.41) is 10.4. The van der Waals surface area contributed by atoms with E-state index in [0.29, 0.717) is 11.4 Å². The van der Waals surface area contributed by atoms with Gasteiger partial charge in [0.2, 0.25) is 0 Å². The van der Waals surface area contributed by atoms with E-state index < -0.39 is 23.3 Å². The van der Waals surface area contributed by atoms with E-state index in [1.807, 2.05) is 13.0 Å². The van der Waals surface area contributed by atoms with Crippen LogP contribution >= 0.6 is 11.6 Å². The van der Waals surface area contributed by atoms with Gasteiger partial charge in [-0.2, -0.15) is 0 Å². The van der Waals surface area contributed by atoms with Gasteiger partial charge in [0.15, 0.2) is 5.41 Å². The second-order valence-corrected chi connectivity index (χ2v) is 6.00. The number of allylic oxidation sites excluding steroid dienone is 2. The van der Waals surface area contributed by atoms with Gasteiger partial charge in [-0.25, -0.2) is 0 Å². The molecule has 0 aliphatic heterocycles. The molecule has 1 N–H and O–H groups in total. The van der Waals surface area contributed by atoms with Crippen molar-refractivity contribution in [2.24, 2.45) is 5.41 Å². The third kappa shape index (κ3) is 2.88. The van der Waals surface area contributed by atoms with Gasteiger partial charge in [0.1, 0.15) is 0 Å². The first kappa shape index (κ1) is 16.6. The maximum Gasteiger partial charge on any atom is 0.324 e. The molecule has 0 bridgehead atoms. The van der Waals surface area contributed by atoms with E-state index in [1.165, 1.54) is 0 Å². The quantitative estimate of drug-likeness (QED) is 0.520. The fourth-order valence-corrected chi connectivity index (χ4v) is 3.09. The molecule has 0 amide bonds. The lowest BCUT2D eigenvalue weighted by atomic mass is 9.64. The molecular weight excluding hydrogens is 304 g/mol. The number of carbonyl (C=O) groups is 2. The van der Waals surface area contributed by atoms with Crippen LogP contribution in [0.5, 0.6) is 0 Å². The summed E-state index contributed by atoms with van der Waals surface area (Å²) >= 11 is 5.91. The SMILES string of the molecule is CCOC(=O)[C@]1(C(=O)O)CC=C(C)C[C@@H]1c1ccc(Cl)cc1. The van der Waals surface area contributed by atoms with Crippen LogP contribution in [0.3, 0.4) is 0 Å². The Hall–Kier alpha value is -1.81. The number of esters is 1. The summed E-state index contributed by atoms with van der Waals surface area (Å²) in [5.74, 6) is -2.29. The first-order valence-corrected chi connectivity index (χ1v) is 7.61. The first-order valence-electron chi connectivity index (χ1n) is 7.23. The van der Waals surface area contributed by atoms with Crippen molar-refractivity contribution < 1.29 is 19.4 Å². The molecule has 0 saturated heterocycles. The largest absolute Gasteiger partial charge is 0.480 e. The van der Waals surface area contributed by atoms with Crippen molar-refractivity contribution in [3.8, 4) is 0 Å². The van der Waals surface area contributed by atoms with Gasteiger partial charge in [-0.05, 0) is 44.4 Å². The molecule has 2 atom stereocenters. The monoisotopic (exact) mass is 322 g/mol. The van der Waals surface area contributed by atoms with Gasteiger partial charge in [-0.1, -0.05) is 35.4 Å². The van der Waals surface area contributed by atoms with Crippen molar-refractivity contribution in [1.82, 2.24) is 0 Å². The van der Waals surface area contributed by atoms with Gasteiger partial charge in [0.05, 0.1) is 6.61 Å². The van der Waals surface area contributed by atoms with Crippen molar-refractivity contribution in [3.05, 3.63) is 46.5 Å². The highest BCUT2D eigenvalue weighted by Crippen LogP contribution is 2.48. The topological polar surface area (TPSA) is 63.6 Å². The Morgan fingerprint density at radius 2 is 2.00 bits per heavy atom. The third-order valence-corrected chi connectivity index (χ3v) is 4.44. The Morgan fingerprint density at radius 1 is 1.36 bits per heavy atom. The minimum atomic E-state index is -1.58. The lowest BCUT2D eigenvalue weighted by Gasteiger charge is -2.38. The number of ether oxygens (including phenoxy) is 1. The molecule has 0 saturated carbocycles. The fraction of sp³-hybridized carbons (Fsp3) is 0.412. The van der Waals surface area contributed by atoms with Gasteiger partial charge in [-0.15, -0.1) is 0 Å². The molecule has 1 aliphatic carbocycles. The summed E-state index contributed by atoms with van der Waals surface area (Å²) in [6.07, 6.45) is 2.46. The molecule has 118 valence electrons. The molecule has 0 radical (unpaired) electrons. The molecule has 0 fully saturated rings. The minimum absolute atomic E-state index is 0.139. The molecule has 1 aliphatic rings. The Labute approximate surface area is 134 Å². The van der Waals surface area contributed by atoms with Crippen LogP contribution in [-0.4, -0.2) is 23.7 Å². The molecule has 0 heterocycles. The predicted molar refractivity (Wildman–Crippen MR) is 83.9 cm³/mol. The molecular formula is C17H19ClO4. The lowest BCUT2D eigenvalue weighted by molar-refractivity contribution is -0.171. The van der Waals surface area contributed by atoms with Crippen molar-refractivity contribution >= 4 is 23.5 Å². The molecule has 0 spiro atoms. The number of hydrogen-bond acceptors (Lipinski definition) is 3. The molecule has 0 unspecified atom stereocenters. The highest BCUT2D eigenvalue weighted by molar-refractivity contribution is 6.30. The first-order chi connectivity index (χ1) is 10.4. The number of carboxylic acids is 1. The summed E-state index contributed by atoms with van der Waals surface area (Å²) in [5.41, 5.74) is 0.275. The zero-order valence-electron chi connectivity index (χ0n) is 12.6. The molecule has 22 heavy (non-hydrogen) atoms. The molecule has 2 rings (SSSR count). The lowest BCUT2D eigenvalue weighted by Crippen LogP contribution is -2.47. The average Bonchev–Trinajstić information content (AvgIpc) is 2.48. The van der Waals surface area contributed by atoms with Crippen molar-refractivity contribution in [2.75, 3.05) is 6.61 Å². The Bertz CT molecular complexity index is 606. The minimum Gasteiger partial charge on any atom is -0.480 e. The maximum atomic E-state index is 12.5. The van der Waals surface area contributed by atoms with Crippen LogP contribution in [0.4, 0.5) is 0 Å². The van der Waals surface area contributed by atoms with E-state index in [2.05, 4.69) is 0 Å². The Kier molecular flexibility index (Phi) is 4.91. The Morgan fingerprint density at radius 3 is 2.55 bits per heavy atom. The van der Waals surface area contributed by atoms with Gasteiger partial charge >= 0.3 is 11.9 Å². The number of benzene rings is 1. The van der Waals surface area contributed by atoms with Crippen molar-refractivity contribution in [2.45, 2.75) is 32.6 Å². The van der Waals surface area contributed by atoms with Gasteiger partial charge in [0, 0.05) is 10.9 Å². The maximum absolute atomic E-state index is 12.5. The number of carboxylic acid groups (broad SMARTS) is 1. The van der Waals surface area contributed by atoms with Crippen LogP contribution in [0, 0.1) is 5.41 Å². The van der Waals surface area contributed by atoms with Crippen LogP contribution in [-0.2, 0) is 14.3 Å².